The predicted molar refractivity (Wildman–Crippen MR) is 157 cm³/mol. The van der Waals surface area contributed by atoms with Gasteiger partial charge in [0.25, 0.3) is 0 Å². The maximum absolute atomic E-state index is 3.68. The van der Waals surface area contributed by atoms with Crippen LogP contribution in [0.2, 0.25) is 0 Å². The first-order valence-electron chi connectivity index (χ1n) is 14.3. The molecule has 4 saturated heterocycles. The average molecular weight is 526 g/mol. The molecular formula is C30H39N9. The zero-order chi connectivity index (χ0) is 26.0. The fraction of sp³-hybridized carbons (Fsp3) is 0.400. The minimum atomic E-state index is 0.139. The largest absolute Gasteiger partial charge is 0.350 e. The Labute approximate surface area is 230 Å². The van der Waals surface area contributed by atoms with Crippen LogP contribution in [0.1, 0.15) is 19.3 Å². The summed E-state index contributed by atoms with van der Waals surface area (Å²) >= 11 is 0. The van der Waals surface area contributed by atoms with Crippen LogP contribution < -0.4 is 47.3 Å². The molecule has 6 bridgehead atoms. The first-order valence-corrected chi connectivity index (χ1v) is 14.3. The first kappa shape index (κ1) is 24.8. The third kappa shape index (κ3) is 4.98. The number of anilines is 3. The molecule has 9 nitrogen and oxygen atoms in total. The van der Waals surface area contributed by atoms with Gasteiger partial charge in [-0.2, -0.15) is 0 Å². The minimum Gasteiger partial charge on any atom is -0.350 e. The molecular weight excluding hydrogens is 486 g/mol. The number of para-hydroxylation sites is 3. The third-order valence-corrected chi connectivity index (χ3v) is 8.66. The van der Waals surface area contributed by atoms with E-state index in [0.29, 0.717) is 18.1 Å². The molecule has 0 saturated carbocycles. The van der Waals surface area contributed by atoms with Crippen molar-refractivity contribution in [3.8, 4) is 0 Å². The molecule has 7 rings (SSSR count). The van der Waals surface area contributed by atoms with Crippen molar-refractivity contribution in [2.45, 2.75) is 55.9 Å². The summed E-state index contributed by atoms with van der Waals surface area (Å²) in [5.41, 5.74) is 25.6. The van der Waals surface area contributed by atoms with Crippen molar-refractivity contribution in [1.29, 1.82) is 0 Å². The Morgan fingerprint density at radius 3 is 0.974 bits per heavy atom. The van der Waals surface area contributed by atoms with Gasteiger partial charge in [0.1, 0.15) is 0 Å². The van der Waals surface area contributed by atoms with Crippen LogP contribution in [0.25, 0.3) is 0 Å². The van der Waals surface area contributed by atoms with Crippen LogP contribution in [-0.4, -0.2) is 56.3 Å². The van der Waals surface area contributed by atoms with Crippen molar-refractivity contribution in [1.82, 2.24) is 32.6 Å². The molecule has 204 valence electrons. The summed E-state index contributed by atoms with van der Waals surface area (Å²) < 4.78 is 0. The number of rotatable bonds is 3. The number of nitrogens with one attached hydrogen (secondary N) is 6. The number of hydrazine groups is 3. The van der Waals surface area contributed by atoms with Crippen LogP contribution in [0.4, 0.5) is 17.1 Å². The highest BCUT2D eigenvalue weighted by Gasteiger charge is 2.42. The van der Waals surface area contributed by atoms with Gasteiger partial charge in [-0.1, -0.05) is 54.6 Å². The molecule has 0 amide bonds. The zero-order valence-electron chi connectivity index (χ0n) is 22.2. The molecule has 0 spiro atoms. The van der Waals surface area contributed by atoms with E-state index in [1.807, 2.05) is 0 Å². The van der Waals surface area contributed by atoms with Gasteiger partial charge in [-0.15, -0.1) is 0 Å². The maximum Gasteiger partial charge on any atom is 0.0945 e. The van der Waals surface area contributed by atoms with Crippen molar-refractivity contribution in [3.63, 3.8) is 0 Å². The fourth-order valence-corrected chi connectivity index (χ4v) is 7.00. The Morgan fingerprint density at radius 2 is 0.692 bits per heavy atom. The second-order valence-corrected chi connectivity index (χ2v) is 11.0. The minimum absolute atomic E-state index is 0.139. The molecule has 4 heterocycles. The van der Waals surface area contributed by atoms with Gasteiger partial charge < -0.3 is 14.7 Å². The van der Waals surface area contributed by atoms with Crippen molar-refractivity contribution < 1.29 is 0 Å². The molecule has 39 heavy (non-hydrogen) atoms. The van der Waals surface area contributed by atoms with Crippen LogP contribution in [0.3, 0.4) is 0 Å². The summed E-state index contributed by atoms with van der Waals surface area (Å²) in [6, 6.07) is 33.6. The van der Waals surface area contributed by atoms with Gasteiger partial charge in [-0.3, -0.25) is 16.3 Å². The lowest BCUT2D eigenvalue weighted by Gasteiger charge is -2.54. The van der Waals surface area contributed by atoms with E-state index < -0.39 is 0 Å². The fourth-order valence-electron chi connectivity index (χ4n) is 7.00. The van der Waals surface area contributed by atoms with E-state index in [-0.39, 0.29) is 18.5 Å². The Bertz CT molecular complexity index is 1020. The van der Waals surface area contributed by atoms with Gasteiger partial charge in [0.15, 0.2) is 0 Å². The molecule has 6 unspecified atom stereocenters. The quantitative estimate of drug-likeness (QED) is 0.308. The summed E-state index contributed by atoms with van der Waals surface area (Å²) in [5, 5.41) is 0. The third-order valence-electron chi connectivity index (χ3n) is 8.66. The van der Waals surface area contributed by atoms with Crippen molar-refractivity contribution in [2.75, 3.05) is 34.3 Å². The smallest absolute Gasteiger partial charge is 0.0945 e. The predicted octanol–water partition coefficient (Wildman–Crippen LogP) is 2.10. The van der Waals surface area contributed by atoms with Crippen molar-refractivity contribution in [3.05, 3.63) is 91.0 Å². The SMILES string of the molecule is c1ccc(N2C3CNNC(C3)N(c3ccccc3)C3CNNC(C3)N(c3ccccc3)C3CNNC2C3)cc1. The topological polar surface area (TPSA) is 81.9 Å². The summed E-state index contributed by atoms with van der Waals surface area (Å²) in [6.45, 7) is 2.60. The summed E-state index contributed by atoms with van der Waals surface area (Å²) in [4.78, 5) is 7.82. The summed E-state index contributed by atoms with van der Waals surface area (Å²) in [7, 11) is 0. The highest BCUT2D eigenvalue weighted by molar-refractivity contribution is 5.53. The first-order chi connectivity index (χ1) is 19.3. The zero-order valence-corrected chi connectivity index (χ0v) is 22.2. The second kappa shape index (κ2) is 11.1. The normalized spacial score (nSPS) is 31.2. The van der Waals surface area contributed by atoms with Gasteiger partial charge in [0, 0.05) is 74.1 Å². The highest BCUT2D eigenvalue weighted by Crippen LogP contribution is 2.33. The van der Waals surface area contributed by atoms with E-state index in [9.17, 15) is 0 Å². The average Bonchev–Trinajstić information content (AvgIpc) is 3.00. The van der Waals surface area contributed by atoms with Crippen molar-refractivity contribution >= 4 is 17.1 Å². The second-order valence-electron chi connectivity index (χ2n) is 11.0. The Hall–Kier alpha value is -3.18. The van der Waals surface area contributed by atoms with Gasteiger partial charge in [-0.05, 0) is 36.4 Å². The molecule has 6 N–H and O–H groups in total. The molecule has 0 aliphatic carbocycles. The van der Waals surface area contributed by atoms with Crippen LogP contribution in [0.5, 0.6) is 0 Å². The Morgan fingerprint density at radius 1 is 0.410 bits per heavy atom. The Kier molecular flexibility index (Phi) is 7.09. The summed E-state index contributed by atoms with van der Waals surface area (Å²) in [6.07, 6.45) is 3.41. The van der Waals surface area contributed by atoms with E-state index in [0.717, 1.165) is 38.9 Å². The number of benzene rings is 3. The molecule has 0 radical (unpaired) electrons. The van der Waals surface area contributed by atoms with E-state index in [2.05, 4.69) is 138 Å². The number of hydrogen-bond donors (Lipinski definition) is 6. The molecule has 6 atom stereocenters. The van der Waals surface area contributed by atoms with Crippen LogP contribution >= 0.6 is 0 Å². The van der Waals surface area contributed by atoms with Gasteiger partial charge in [-0.25, -0.2) is 16.3 Å². The lowest BCUT2D eigenvalue weighted by atomic mass is 9.96. The lowest BCUT2D eigenvalue weighted by molar-refractivity contribution is 0.192. The molecule has 3 aromatic rings. The van der Waals surface area contributed by atoms with Crippen LogP contribution in [0, 0.1) is 0 Å². The van der Waals surface area contributed by atoms with E-state index in [1.165, 1.54) is 17.1 Å². The monoisotopic (exact) mass is 525 g/mol. The number of hydrogen-bond acceptors (Lipinski definition) is 9. The van der Waals surface area contributed by atoms with Crippen LogP contribution in [0.15, 0.2) is 91.0 Å². The van der Waals surface area contributed by atoms with Crippen molar-refractivity contribution in [2.24, 2.45) is 0 Å². The summed E-state index contributed by atoms with van der Waals surface area (Å²) in [5.74, 6) is 0. The highest BCUT2D eigenvalue weighted by atomic mass is 15.6. The van der Waals surface area contributed by atoms with E-state index in [4.69, 9.17) is 0 Å². The number of nitrogens with zero attached hydrogens (tertiary/aromatic N) is 3. The Balaban J connectivity index is 1.35. The molecule has 0 aromatic heterocycles. The molecule has 9 heteroatoms. The van der Waals surface area contributed by atoms with E-state index >= 15 is 0 Å². The number of fused-ring (bicyclic) bond motifs is 6. The lowest BCUT2D eigenvalue weighted by Crippen LogP contribution is -2.73. The van der Waals surface area contributed by atoms with E-state index in [1.54, 1.807) is 0 Å². The van der Waals surface area contributed by atoms with Gasteiger partial charge in [0.2, 0.25) is 0 Å². The van der Waals surface area contributed by atoms with Gasteiger partial charge in [0.05, 0.1) is 18.5 Å². The van der Waals surface area contributed by atoms with Crippen LogP contribution in [-0.2, 0) is 0 Å². The molecule has 4 fully saturated rings. The molecule has 4 aliphatic heterocycles. The standard InChI is InChI=1S/C30H39N9/c1-4-10-22(11-5-1)37-25-16-29(35-31-19-25)39(24-14-8-3-9-15-24)27-18-30(36-33-21-27)38(23-12-6-2-7-13-23)26-17-28(37)34-32-20-26/h1-15,25-36H,16-21H2. The molecule has 4 aliphatic rings. The molecule has 3 aromatic carbocycles. The maximum atomic E-state index is 3.68. The van der Waals surface area contributed by atoms with Gasteiger partial charge >= 0.3 is 0 Å².